The fourth-order valence-corrected chi connectivity index (χ4v) is 3.03. The molecule has 1 heterocycles. The monoisotopic (exact) mass is 399 g/mol. The number of carboxylic acids is 1. The molecule has 3 rings (SSSR count). The third-order valence-electron chi connectivity index (χ3n) is 4.53. The lowest BCUT2D eigenvalue weighted by atomic mass is 10.1. The van der Waals surface area contributed by atoms with E-state index in [4.69, 9.17) is 14.6 Å². The Morgan fingerprint density at radius 3 is 2.24 bits per heavy atom. The number of hydrogen-bond donors (Lipinski definition) is 2. The standard InChI is InChI=1S/C22H25NO6/c1-22(2,27)14-29-19-9-5-17(6-10-19)23-12-15(11-20(23)24)13-28-18-7-3-16(4-8-18)21(25)26/h3-10,15,27H,11-14H2,1-2H3,(H,25,26). The second kappa shape index (κ2) is 8.53. The Kier molecular flexibility index (Phi) is 6.08. The Balaban J connectivity index is 1.53. The zero-order valence-corrected chi connectivity index (χ0v) is 16.5. The first-order chi connectivity index (χ1) is 13.7. The third-order valence-corrected chi connectivity index (χ3v) is 4.53. The van der Waals surface area contributed by atoms with Gasteiger partial charge in [0.2, 0.25) is 5.91 Å². The van der Waals surface area contributed by atoms with E-state index in [1.807, 2.05) is 12.1 Å². The summed E-state index contributed by atoms with van der Waals surface area (Å²) in [6.07, 6.45) is 0.393. The van der Waals surface area contributed by atoms with Crippen molar-refractivity contribution in [2.45, 2.75) is 25.9 Å². The lowest BCUT2D eigenvalue weighted by molar-refractivity contribution is -0.117. The summed E-state index contributed by atoms with van der Waals surface area (Å²) < 4.78 is 11.3. The Bertz CT molecular complexity index is 854. The van der Waals surface area contributed by atoms with E-state index in [0.717, 1.165) is 5.69 Å². The van der Waals surface area contributed by atoms with Gasteiger partial charge in [-0.3, -0.25) is 4.79 Å². The quantitative estimate of drug-likeness (QED) is 0.709. The average molecular weight is 399 g/mol. The maximum atomic E-state index is 12.4. The van der Waals surface area contributed by atoms with Crippen LogP contribution < -0.4 is 14.4 Å². The van der Waals surface area contributed by atoms with Gasteiger partial charge in [-0.05, 0) is 62.4 Å². The molecular formula is C22H25NO6. The fourth-order valence-electron chi connectivity index (χ4n) is 3.03. The van der Waals surface area contributed by atoms with E-state index >= 15 is 0 Å². The van der Waals surface area contributed by atoms with E-state index in [0.29, 0.717) is 31.1 Å². The minimum absolute atomic E-state index is 0.0324. The predicted molar refractivity (Wildman–Crippen MR) is 108 cm³/mol. The average Bonchev–Trinajstić information content (AvgIpc) is 3.05. The van der Waals surface area contributed by atoms with Crippen LogP contribution in [0, 0.1) is 5.92 Å². The topological polar surface area (TPSA) is 96.3 Å². The van der Waals surface area contributed by atoms with E-state index in [-0.39, 0.29) is 24.0 Å². The molecule has 7 nitrogen and oxygen atoms in total. The van der Waals surface area contributed by atoms with Gasteiger partial charge in [-0.15, -0.1) is 0 Å². The van der Waals surface area contributed by atoms with Crippen LogP contribution in [0.1, 0.15) is 30.6 Å². The van der Waals surface area contributed by atoms with Crippen LogP contribution in [0.5, 0.6) is 11.5 Å². The molecule has 0 bridgehead atoms. The van der Waals surface area contributed by atoms with Crippen molar-refractivity contribution in [2.24, 2.45) is 5.92 Å². The molecule has 1 atom stereocenters. The second-order valence-electron chi connectivity index (χ2n) is 7.81. The number of aliphatic hydroxyl groups is 1. The van der Waals surface area contributed by atoms with E-state index < -0.39 is 11.6 Å². The number of ether oxygens (including phenoxy) is 2. The Hall–Kier alpha value is -3.06. The zero-order valence-electron chi connectivity index (χ0n) is 16.5. The fraction of sp³-hybridized carbons (Fsp3) is 0.364. The minimum atomic E-state index is -0.981. The van der Waals surface area contributed by atoms with E-state index in [2.05, 4.69) is 0 Å². The highest BCUT2D eigenvalue weighted by Crippen LogP contribution is 2.27. The van der Waals surface area contributed by atoms with Crippen LogP contribution in [-0.2, 0) is 4.79 Å². The number of benzene rings is 2. The minimum Gasteiger partial charge on any atom is -0.493 e. The summed E-state index contributed by atoms with van der Waals surface area (Å²) in [5.74, 6) is 0.309. The molecule has 1 aliphatic heterocycles. The SMILES string of the molecule is CC(C)(O)COc1ccc(N2CC(COc3ccc(C(=O)O)cc3)CC2=O)cc1. The predicted octanol–water partition coefficient (Wildman–Crippen LogP) is 2.97. The van der Waals surface area contributed by atoms with Crippen LogP contribution in [0.2, 0.25) is 0 Å². The number of aromatic carboxylic acids is 1. The Labute approximate surface area is 169 Å². The highest BCUT2D eigenvalue weighted by atomic mass is 16.5. The Morgan fingerprint density at radius 2 is 1.66 bits per heavy atom. The van der Waals surface area contributed by atoms with Gasteiger partial charge in [-0.2, -0.15) is 0 Å². The van der Waals surface area contributed by atoms with Gasteiger partial charge in [-0.1, -0.05) is 0 Å². The number of anilines is 1. The van der Waals surface area contributed by atoms with Crippen molar-refractivity contribution < 1.29 is 29.3 Å². The van der Waals surface area contributed by atoms with E-state index in [1.165, 1.54) is 12.1 Å². The number of carbonyl (C=O) groups excluding carboxylic acids is 1. The third kappa shape index (κ3) is 5.71. The molecule has 2 N–H and O–H groups in total. The van der Waals surface area contributed by atoms with Gasteiger partial charge in [0, 0.05) is 24.6 Å². The maximum absolute atomic E-state index is 12.4. The van der Waals surface area contributed by atoms with Crippen molar-refractivity contribution >= 4 is 17.6 Å². The molecule has 154 valence electrons. The summed E-state index contributed by atoms with van der Waals surface area (Å²) in [4.78, 5) is 25.0. The summed E-state index contributed by atoms with van der Waals surface area (Å²) in [5.41, 5.74) is 0.0820. The van der Waals surface area contributed by atoms with Gasteiger partial charge in [0.15, 0.2) is 0 Å². The van der Waals surface area contributed by atoms with Crippen LogP contribution in [0.3, 0.4) is 0 Å². The Morgan fingerprint density at radius 1 is 1.07 bits per heavy atom. The highest BCUT2D eigenvalue weighted by molar-refractivity contribution is 5.95. The molecule has 0 aromatic heterocycles. The summed E-state index contributed by atoms with van der Waals surface area (Å²) in [5, 5.41) is 18.6. The number of hydrogen-bond acceptors (Lipinski definition) is 5. The number of carbonyl (C=O) groups is 2. The van der Waals surface area contributed by atoms with Gasteiger partial charge in [0.25, 0.3) is 0 Å². The molecule has 0 radical (unpaired) electrons. The molecule has 2 aromatic rings. The molecule has 29 heavy (non-hydrogen) atoms. The first kappa shape index (κ1) is 20.7. The molecule has 0 aliphatic carbocycles. The van der Waals surface area contributed by atoms with Crippen molar-refractivity contribution in [3.05, 3.63) is 54.1 Å². The normalized spacial score (nSPS) is 16.7. The van der Waals surface area contributed by atoms with Crippen LogP contribution in [0.4, 0.5) is 5.69 Å². The first-order valence-electron chi connectivity index (χ1n) is 9.43. The number of rotatable bonds is 8. The summed E-state index contributed by atoms with van der Waals surface area (Å²) in [6, 6.07) is 13.4. The number of amides is 1. The summed E-state index contributed by atoms with van der Waals surface area (Å²) >= 11 is 0. The van der Waals surface area contributed by atoms with Gasteiger partial charge in [-0.25, -0.2) is 4.79 Å². The first-order valence-corrected chi connectivity index (χ1v) is 9.43. The molecule has 0 saturated carbocycles. The number of carboxylic acid groups (broad SMARTS) is 1. The maximum Gasteiger partial charge on any atom is 0.335 e. The van der Waals surface area contributed by atoms with Crippen LogP contribution in [-0.4, -0.2) is 47.4 Å². The van der Waals surface area contributed by atoms with Crippen molar-refractivity contribution in [1.82, 2.24) is 0 Å². The van der Waals surface area contributed by atoms with E-state index in [9.17, 15) is 14.7 Å². The van der Waals surface area contributed by atoms with Crippen LogP contribution in [0.15, 0.2) is 48.5 Å². The summed E-state index contributed by atoms with van der Waals surface area (Å²) in [6.45, 7) is 4.46. The molecular weight excluding hydrogens is 374 g/mol. The molecule has 1 fully saturated rings. The zero-order chi connectivity index (χ0) is 21.0. The highest BCUT2D eigenvalue weighted by Gasteiger charge is 2.31. The van der Waals surface area contributed by atoms with Crippen molar-refractivity contribution in [3.8, 4) is 11.5 Å². The molecule has 2 aromatic carbocycles. The summed E-state index contributed by atoms with van der Waals surface area (Å²) in [7, 11) is 0. The molecule has 1 saturated heterocycles. The van der Waals surface area contributed by atoms with Gasteiger partial charge in [0.1, 0.15) is 18.1 Å². The molecule has 0 spiro atoms. The van der Waals surface area contributed by atoms with E-state index in [1.54, 1.807) is 43.0 Å². The van der Waals surface area contributed by atoms with Crippen molar-refractivity contribution in [3.63, 3.8) is 0 Å². The number of nitrogens with zero attached hydrogens (tertiary/aromatic N) is 1. The molecule has 1 unspecified atom stereocenters. The van der Waals surface area contributed by atoms with Gasteiger partial charge >= 0.3 is 5.97 Å². The van der Waals surface area contributed by atoms with Gasteiger partial charge < -0.3 is 24.6 Å². The molecule has 1 aliphatic rings. The largest absolute Gasteiger partial charge is 0.493 e. The van der Waals surface area contributed by atoms with Gasteiger partial charge in [0.05, 0.1) is 17.8 Å². The smallest absolute Gasteiger partial charge is 0.335 e. The second-order valence-corrected chi connectivity index (χ2v) is 7.81. The van der Waals surface area contributed by atoms with Crippen molar-refractivity contribution in [2.75, 3.05) is 24.7 Å². The lowest BCUT2D eigenvalue weighted by Crippen LogP contribution is -2.28. The van der Waals surface area contributed by atoms with Crippen LogP contribution in [0.25, 0.3) is 0 Å². The van der Waals surface area contributed by atoms with Crippen LogP contribution >= 0.6 is 0 Å². The van der Waals surface area contributed by atoms with Crippen molar-refractivity contribution in [1.29, 1.82) is 0 Å². The molecule has 7 heteroatoms. The lowest BCUT2D eigenvalue weighted by Gasteiger charge is -2.19. The molecule has 1 amide bonds.